The van der Waals surface area contributed by atoms with Crippen LogP contribution in [0.2, 0.25) is 0 Å². The standard InChI is InChI=1S/C13H16FNO3/c14-10-3-4-11(12(16)6-10)13(17)15-7-9-2-1-5-18-8-9/h3-4,6,9,16H,1-2,5,7-8H2,(H,15,17). The lowest BCUT2D eigenvalue weighted by Crippen LogP contribution is -2.33. The quantitative estimate of drug-likeness (QED) is 0.861. The maximum absolute atomic E-state index is 12.8. The average Bonchev–Trinajstić information content (AvgIpc) is 2.37. The number of amides is 1. The number of ether oxygens (including phenoxy) is 1. The van der Waals surface area contributed by atoms with Crippen molar-refractivity contribution in [2.24, 2.45) is 5.92 Å². The Morgan fingerprint density at radius 2 is 2.39 bits per heavy atom. The van der Waals surface area contributed by atoms with E-state index in [9.17, 15) is 14.3 Å². The number of carbonyl (C=O) groups excluding carboxylic acids is 1. The van der Waals surface area contributed by atoms with Crippen LogP contribution in [0.5, 0.6) is 5.75 Å². The summed E-state index contributed by atoms with van der Waals surface area (Å²) in [6.07, 6.45) is 2.03. The van der Waals surface area contributed by atoms with Gasteiger partial charge >= 0.3 is 0 Å². The largest absolute Gasteiger partial charge is 0.507 e. The first-order valence-electron chi connectivity index (χ1n) is 6.01. The molecule has 0 radical (unpaired) electrons. The molecule has 1 aromatic carbocycles. The Labute approximate surface area is 105 Å². The molecule has 1 unspecified atom stereocenters. The molecule has 1 aromatic rings. The lowest BCUT2D eigenvalue weighted by Gasteiger charge is -2.22. The number of aromatic hydroxyl groups is 1. The third kappa shape index (κ3) is 3.20. The van der Waals surface area contributed by atoms with Crippen LogP contribution in [-0.4, -0.2) is 30.8 Å². The fraction of sp³-hybridized carbons (Fsp3) is 0.462. The molecule has 0 aromatic heterocycles. The molecule has 18 heavy (non-hydrogen) atoms. The number of halogens is 1. The van der Waals surface area contributed by atoms with E-state index in [1.807, 2.05) is 0 Å². The van der Waals surface area contributed by atoms with Crippen molar-refractivity contribution in [3.8, 4) is 5.75 Å². The molecule has 1 heterocycles. The molecule has 98 valence electrons. The Balaban J connectivity index is 1.90. The number of hydrogen-bond acceptors (Lipinski definition) is 3. The fourth-order valence-electron chi connectivity index (χ4n) is 2.00. The maximum atomic E-state index is 12.8. The van der Waals surface area contributed by atoms with Crippen LogP contribution in [0.15, 0.2) is 18.2 Å². The number of rotatable bonds is 3. The monoisotopic (exact) mass is 253 g/mol. The van der Waals surface area contributed by atoms with E-state index in [-0.39, 0.29) is 11.3 Å². The second kappa shape index (κ2) is 5.82. The van der Waals surface area contributed by atoms with E-state index in [0.29, 0.717) is 19.1 Å². The van der Waals surface area contributed by atoms with Crippen molar-refractivity contribution < 1.29 is 19.0 Å². The maximum Gasteiger partial charge on any atom is 0.255 e. The van der Waals surface area contributed by atoms with Crippen molar-refractivity contribution in [1.29, 1.82) is 0 Å². The highest BCUT2D eigenvalue weighted by atomic mass is 19.1. The predicted molar refractivity (Wildman–Crippen MR) is 63.9 cm³/mol. The molecular formula is C13H16FNO3. The van der Waals surface area contributed by atoms with Gasteiger partial charge in [-0.05, 0) is 30.9 Å². The number of benzene rings is 1. The summed E-state index contributed by atoms with van der Waals surface area (Å²) >= 11 is 0. The van der Waals surface area contributed by atoms with E-state index < -0.39 is 11.7 Å². The topological polar surface area (TPSA) is 58.6 Å². The zero-order valence-corrected chi connectivity index (χ0v) is 9.99. The Morgan fingerprint density at radius 1 is 1.56 bits per heavy atom. The summed E-state index contributed by atoms with van der Waals surface area (Å²) in [7, 11) is 0. The van der Waals surface area contributed by atoms with E-state index in [1.54, 1.807) is 0 Å². The van der Waals surface area contributed by atoms with Gasteiger partial charge in [-0.25, -0.2) is 4.39 Å². The lowest BCUT2D eigenvalue weighted by atomic mass is 10.0. The van der Waals surface area contributed by atoms with Crippen molar-refractivity contribution in [3.63, 3.8) is 0 Å². The SMILES string of the molecule is O=C(NCC1CCCOC1)c1ccc(F)cc1O. The first kappa shape index (κ1) is 12.8. The summed E-state index contributed by atoms with van der Waals surface area (Å²) in [6, 6.07) is 3.36. The Morgan fingerprint density at radius 3 is 3.06 bits per heavy atom. The van der Waals surface area contributed by atoms with Gasteiger partial charge in [-0.2, -0.15) is 0 Å². The molecule has 1 aliphatic rings. The van der Waals surface area contributed by atoms with Gasteiger partial charge in [0.25, 0.3) is 5.91 Å². The van der Waals surface area contributed by atoms with Crippen molar-refractivity contribution >= 4 is 5.91 Å². The molecule has 0 spiro atoms. The van der Waals surface area contributed by atoms with Crippen LogP contribution in [0.1, 0.15) is 23.2 Å². The van der Waals surface area contributed by atoms with Crippen molar-refractivity contribution in [3.05, 3.63) is 29.6 Å². The summed E-state index contributed by atoms with van der Waals surface area (Å²) in [6.45, 7) is 1.94. The predicted octanol–water partition coefficient (Wildman–Crippen LogP) is 1.69. The van der Waals surface area contributed by atoms with Crippen molar-refractivity contribution in [2.45, 2.75) is 12.8 Å². The Hall–Kier alpha value is -1.62. The van der Waals surface area contributed by atoms with Crippen LogP contribution in [0.25, 0.3) is 0 Å². The highest BCUT2D eigenvalue weighted by Crippen LogP contribution is 2.18. The van der Waals surface area contributed by atoms with Crippen molar-refractivity contribution in [2.75, 3.05) is 19.8 Å². The van der Waals surface area contributed by atoms with Crippen LogP contribution < -0.4 is 5.32 Å². The number of phenols is 1. The van der Waals surface area contributed by atoms with E-state index in [4.69, 9.17) is 4.74 Å². The van der Waals surface area contributed by atoms with Crippen LogP contribution in [0.4, 0.5) is 4.39 Å². The Bertz CT molecular complexity index is 430. The number of phenolic OH excluding ortho intramolecular Hbond substituents is 1. The van der Waals surface area contributed by atoms with Gasteiger partial charge in [-0.3, -0.25) is 4.79 Å². The summed E-state index contributed by atoms with van der Waals surface area (Å²) < 4.78 is 18.1. The molecule has 0 aliphatic carbocycles. The zero-order chi connectivity index (χ0) is 13.0. The minimum absolute atomic E-state index is 0.0909. The highest BCUT2D eigenvalue weighted by molar-refractivity contribution is 5.96. The minimum Gasteiger partial charge on any atom is -0.507 e. The minimum atomic E-state index is -0.565. The third-order valence-electron chi connectivity index (χ3n) is 3.01. The van der Waals surface area contributed by atoms with Crippen LogP contribution in [0, 0.1) is 11.7 Å². The van der Waals surface area contributed by atoms with E-state index in [0.717, 1.165) is 31.6 Å². The number of hydrogen-bond donors (Lipinski definition) is 2. The van der Waals surface area contributed by atoms with Gasteiger partial charge in [-0.1, -0.05) is 0 Å². The second-order valence-corrected chi connectivity index (χ2v) is 4.45. The normalized spacial score (nSPS) is 19.5. The van der Waals surface area contributed by atoms with Gasteiger partial charge in [0.1, 0.15) is 11.6 Å². The number of carbonyl (C=O) groups is 1. The third-order valence-corrected chi connectivity index (χ3v) is 3.01. The first-order valence-corrected chi connectivity index (χ1v) is 6.01. The fourth-order valence-corrected chi connectivity index (χ4v) is 2.00. The number of nitrogens with one attached hydrogen (secondary N) is 1. The molecule has 1 amide bonds. The van der Waals surface area contributed by atoms with Gasteiger partial charge in [0.05, 0.1) is 12.2 Å². The summed E-state index contributed by atoms with van der Waals surface area (Å²) in [5.74, 6) is -0.986. The van der Waals surface area contributed by atoms with Gasteiger partial charge < -0.3 is 15.2 Å². The summed E-state index contributed by atoms with van der Waals surface area (Å²) in [4.78, 5) is 11.8. The average molecular weight is 253 g/mol. The van der Waals surface area contributed by atoms with Crippen LogP contribution in [0.3, 0.4) is 0 Å². The molecule has 1 fully saturated rings. The smallest absolute Gasteiger partial charge is 0.255 e. The van der Waals surface area contributed by atoms with Gasteiger partial charge in [0, 0.05) is 19.2 Å². The summed E-state index contributed by atoms with van der Waals surface area (Å²) in [5.41, 5.74) is 0.0909. The Kier molecular flexibility index (Phi) is 4.15. The molecule has 4 nitrogen and oxygen atoms in total. The highest BCUT2D eigenvalue weighted by Gasteiger charge is 2.17. The van der Waals surface area contributed by atoms with Gasteiger partial charge in [0.2, 0.25) is 0 Å². The molecule has 1 atom stereocenters. The molecule has 1 aliphatic heterocycles. The molecule has 1 saturated heterocycles. The molecular weight excluding hydrogens is 237 g/mol. The molecule has 2 rings (SSSR count). The van der Waals surface area contributed by atoms with Crippen LogP contribution in [-0.2, 0) is 4.74 Å². The van der Waals surface area contributed by atoms with Gasteiger partial charge in [0.15, 0.2) is 0 Å². The lowest BCUT2D eigenvalue weighted by molar-refractivity contribution is 0.0536. The molecule has 0 bridgehead atoms. The zero-order valence-electron chi connectivity index (χ0n) is 9.99. The van der Waals surface area contributed by atoms with Gasteiger partial charge in [-0.15, -0.1) is 0 Å². The summed E-state index contributed by atoms with van der Waals surface area (Å²) in [5, 5.41) is 12.2. The second-order valence-electron chi connectivity index (χ2n) is 4.45. The van der Waals surface area contributed by atoms with E-state index >= 15 is 0 Å². The van der Waals surface area contributed by atoms with Crippen LogP contribution >= 0.6 is 0 Å². The van der Waals surface area contributed by atoms with E-state index in [2.05, 4.69) is 5.32 Å². The first-order chi connectivity index (χ1) is 8.66. The van der Waals surface area contributed by atoms with E-state index in [1.165, 1.54) is 6.07 Å². The molecule has 0 saturated carbocycles. The molecule has 2 N–H and O–H groups in total. The van der Waals surface area contributed by atoms with Crippen molar-refractivity contribution in [1.82, 2.24) is 5.32 Å². The molecule has 5 heteroatoms.